The van der Waals surface area contributed by atoms with E-state index in [1.165, 1.54) is 35.6 Å². The lowest BCUT2D eigenvalue weighted by Crippen LogP contribution is -2.28. The Balaban J connectivity index is 1.86. The SMILES string of the molecule is Cc1nc(CNC(=O)Nc2ccc(C(=O)O)cc2)cs1. The molecule has 0 atom stereocenters. The van der Waals surface area contributed by atoms with Crippen molar-refractivity contribution in [3.05, 3.63) is 45.9 Å². The van der Waals surface area contributed by atoms with E-state index >= 15 is 0 Å². The predicted molar refractivity (Wildman–Crippen MR) is 76.1 cm³/mol. The molecule has 2 rings (SSSR count). The molecule has 0 saturated carbocycles. The van der Waals surface area contributed by atoms with Crippen molar-refractivity contribution >= 4 is 29.0 Å². The Bertz CT molecular complexity index is 622. The van der Waals surface area contributed by atoms with Gasteiger partial charge >= 0.3 is 12.0 Å². The molecule has 0 aliphatic carbocycles. The summed E-state index contributed by atoms with van der Waals surface area (Å²) in [4.78, 5) is 26.6. The molecule has 2 amide bonds. The number of nitrogens with one attached hydrogen (secondary N) is 2. The first-order valence-electron chi connectivity index (χ1n) is 5.84. The number of aromatic carboxylic acids is 1. The third kappa shape index (κ3) is 3.79. The molecule has 1 heterocycles. The van der Waals surface area contributed by atoms with Crippen LogP contribution in [0.4, 0.5) is 10.5 Å². The molecule has 0 radical (unpaired) electrons. The molecule has 0 bridgehead atoms. The molecule has 1 aromatic heterocycles. The molecular formula is C13H13N3O3S. The second-order valence-corrected chi connectivity index (χ2v) is 5.11. The van der Waals surface area contributed by atoms with Gasteiger partial charge in [-0.25, -0.2) is 14.6 Å². The first-order valence-corrected chi connectivity index (χ1v) is 6.72. The number of amides is 2. The summed E-state index contributed by atoms with van der Waals surface area (Å²) in [5.74, 6) is -1.00. The molecule has 20 heavy (non-hydrogen) atoms. The van der Waals surface area contributed by atoms with Gasteiger partial charge in [0.25, 0.3) is 0 Å². The number of carbonyl (C=O) groups is 2. The summed E-state index contributed by atoms with van der Waals surface area (Å²) >= 11 is 1.53. The lowest BCUT2D eigenvalue weighted by atomic mass is 10.2. The molecule has 0 aliphatic heterocycles. The fourth-order valence-corrected chi connectivity index (χ4v) is 2.14. The van der Waals surface area contributed by atoms with Crippen LogP contribution in [0.5, 0.6) is 0 Å². The molecular weight excluding hydrogens is 278 g/mol. The third-order valence-electron chi connectivity index (χ3n) is 2.49. The van der Waals surface area contributed by atoms with E-state index in [9.17, 15) is 9.59 Å². The van der Waals surface area contributed by atoms with E-state index in [2.05, 4.69) is 15.6 Å². The van der Waals surface area contributed by atoms with Gasteiger partial charge in [-0.1, -0.05) is 0 Å². The quantitative estimate of drug-likeness (QED) is 0.807. The van der Waals surface area contributed by atoms with E-state index in [4.69, 9.17) is 5.11 Å². The topological polar surface area (TPSA) is 91.3 Å². The number of aryl methyl sites for hydroxylation is 1. The van der Waals surface area contributed by atoms with Gasteiger partial charge in [-0.2, -0.15) is 0 Å². The summed E-state index contributed by atoms with van der Waals surface area (Å²) in [6.45, 7) is 2.25. The monoisotopic (exact) mass is 291 g/mol. The second kappa shape index (κ2) is 6.16. The summed E-state index contributed by atoms with van der Waals surface area (Å²) in [7, 11) is 0. The Kier molecular flexibility index (Phi) is 4.31. The van der Waals surface area contributed by atoms with E-state index in [0.29, 0.717) is 12.2 Å². The van der Waals surface area contributed by atoms with E-state index in [1.54, 1.807) is 0 Å². The normalized spacial score (nSPS) is 10.1. The van der Waals surface area contributed by atoms with Gasteiger partial charge in [-0.15, -0.1) is 11.3 Å². The van der Waals surface area contributed by atoms with Gasteiger partial charge in [0, 0.05) is 11.1 Å². The van der Waals surface area contributed by atoms with Crippen molar-refractivity contribution in [1.82, 2.24) is 10.3 Å². The van der Waals surface area contributed by atoms with E-state index in [-0.39, 0.29) is 11.6 Å². The van der Waals surface area contributed by atoms with Crippen molar-refractivity contribution < 1.29 is 14.7 Å². The van der Waals surface area contributed by atoms with Crippen molar-refractivity contribution in [3.8, 4) is 0 Å². The van der Waals surface area contributed by atoms with Crippen molar-refractivity contribution in [3.63, 3.8) is 0 Å². The number of nitrogens with zero attached hydrogens (tertiary/aromatic N) is 1. The fourth-order valence-electron chi connectivity index (χ4n) is 1.53. The zero-order valence-electron chi connectivity index (χ0n) is 10.7. The van der Waals surface area contributed by atoms with Crippen LogP contribution in [0.1, 0.15) is 21.1 Å². The molecule has 1 aromatic carbocycles. The van der Waals surface area contributed by atoms with Gasteiger partial charge in [0.05, 0.1) is 22.8 Å². The smallest absolute Gasteiger partial charge is 0.335 e. The number of carboxylic acids is 1. The van der Waals surface area contributed by atoms with Gasteiger partial charge < -0.3 is 15.7 Å². The van der Waals surface area contributed by atoms with Gasteiger partial charge in [-0.05, 0) is 31.2 Å². The molecule has 0 unspecified atom stereocenters. The van der Waals surface area contributed by atoms with Gasteiger partial charge in [0.2, 0.25) is 0 Å². The molecule has 3 N–H and O–H groups in total. The Labute approximate surface area is 119 Å². The average molecular weight is 291 g/mol. The molecule has 0 aliphatic rings. The highest BCUT2D eigenvalue weighted by molar-refractivity contribution is 7.09. The van der Waals surface area contributed by atoms with Crippen LogP contribution in [-0.4, -0.2) is 22.1 Å². The number of rotatable bonds is 4. The standard InChI is InChI=1S/C13H13N3O3S/c1-8-15-11(7-20-8)6-14-13(19)16-10-4-2-9(3-5-10)12(17)18/h2-5,7H,6H2,1H3,(H,17,18)(H2,14,16,19). The van der Waals surface area contributed by atoms with Crippen LogP contribution >= 0.6 is 11.3 Å². The highest BCUT2D eigenvalue weighted by Gasteiger charge is 2.05. The molecule has 104 valence electrons. The number of urea groups is 1. The second-order valence-electron chi connectivity index (χ2n) is 4.05. The molecule has 0 saturated heterocycles. The first-order chi connectivity index (χ1) is 9.54. The van der Waals surface area contributed by atoms with E-state index < -0.39 is 5.97 Å². The average Bonchev–Trinajstić information content (AvgIpc) is 2.83. The zero-order valence-corrected chi connectivity index (χ0v) is 11.5. The van der Waals surface area contributed by atoms with Crippen LogP contribution in [-0.2, 0) is 6.54 Å². The number of hydrogen-bond acceptors (Lipinski definition) is 4. The van der Waals surface area contributed by atoms with E-state index in [0.717, 1.165) is 10.7 Å². The lowest BCUT2D eigenvalue weighted by molar-refractivity contribution is 0.0697. The van der Waals surface area contributed by atoms with Crippen LogP contribution in [0.15, 0.2) is 29.6 Å². The van der Waals surface area contributed by atoms with Crippen LogP contribution in [0, 0.1) is 6.92 Å². The molecule has 0 fully saturated rings. The minimum atomic E-state index is -1.00. The van der Waals surface area contributed by atoms with Crippen molar-refractivity contribution in [2.75, 3.05) is 5.32 Å². The summed E-state index contributed by atoms with van der Waals surface area (Å²) in [6.07, 6.45) is 0. The maximum absolute atomic E-state index is 11.6. The summed E-state index contributed by atoms with van der Waals surface area (Å²) < 4.78 is 0. The Hall–Kier alpha value is -2.41. The lowest BCUT2D eigenvalue weighted by Gasteiger charge is -2.06. The Morgan fingerprint density at radius 2 is 2.00 bits per heavy atom. The summed E-state index contributed by atoms with van der Waals surface area (Å²) in [6, 6.07) is 5.58. The minimum Gasteiger partial charge on any atom is -0.478 e. The zero-order chi connectivity index (χ0) is 14.5. The van der Waals surface area contributed by atoms with Crippen molar-refractivity contribution in [2.45, 2.75) is 13.5 Å². The summed E-state index contributed by atoms with van der Waals surface area (Å²) in [5.41, 5.74) is 1.51. The number of carbonyl (C=O) groups excluding carboxylic acids is 1. The van der Waals surface area contributed by atoms with Crippen LogP contribution in [0.25, 0.3) is 0 Å². The van der Waals surface area contributed by atoms with Gasteiger partial charge in [-0.3, -0.25) is 0 Å². The minimum absolute atomic E-state index is 0.175. The van der Waals surface area contributed by atoms with Crippen molar-refractivity contribution in [1.29, 1.82) is 0 Å². The molecule has 6 nitrogen and oxygen atoms in total. The fraction of sp³-hybridized carbons (Fsp3) is 0.154. The number of aromatic nitrogens is 1. The maximum Gasteiger partial charge on any atom is 0.335 e. The van der Waals surface area contributed by atoms with Crippen LogP contribution < -0.4 is 10.6 Å². The maximum atomic E-state index is 11.6. The number of thiazole rings is 1. The molecule has 2 aromatic rings. The summed E-state index contributed by atoms with van der Waals surface area (Å²) in [5, 5.41) is 16.9. The largest absolute Gasteiger partial charge is 0.478 e. The Morgan fingerprint density at radius 1 is 1.30 bits per heavy atom. The number of carboxylic acid groups (broad SMARTS) is 1. The number of hydrogen-bond donors (Lipinski definition) is 3. The Morgan fingerprint density at radius 3 is 2.55 bits per heavy atom. The highest BCUT2D eigenvalue weighted by atomic mass is 32.1. The number of benzene rings is 1. The third-order valence-corrected chi connectivity index (χ3v) is 3.31. The van der Waals surface area contributed by atoms with E-state index in [1.807, 2.05) is 12.3 Å². The molecule has 7 heteroatoms. The first kappa shape index (κ1) is 14.0. The van der Waals surface area contributed by atoms with Crippen LogP contribution in [0.2, 0.25) is 0 Å². The molecule has 0 spiro atoms. The highest BCUT2D eigenvalue weighted by Crippen LogP contribution is 2.10. The van der Waals surface area contributed by atoms with Gasteiger partial charge in [0.15, 0.2) is 0 Å². The van der Waals surface area contributed by atoms with Crippen LogP contribution in [0.3, 0.4) is 0 Å². The predicted octanol–water partition coefficient (Wildman–Crippen LogP) is 2.47. The van der Waals surface area contributed by atoms with Gasteiger partial charge in [0.1, 0.15) is 0 Å². The van der Waals surface area contributed by atoms with Crippen molar-refractivity contribution in [2.24, 2.45) is 0 Å². The number of anilines is 1.